The van der Waals surface area contributed by atoms with Gasteiger partial charge < -0.3 is 28.4 Å². The first-order valence-electron chi connectivity index (χ1n) is 10.9. The number of carbonyl (C=O) groups is 3. The molecule has 0 aromatic rings. The van der Waals surface area contributed by atoms with Crippen LogP contribution in [0.2, 0.25) is 0 Å². The number of esters is 3. The molecule has 6 fully saturated rings. The summed E-state index contributed by atoms with van der Waals surface area (Å²) in [7, 11) is 2.95. The highest BCUT2D eigenvalue weighted by molar-refractivity contribution is 5.93. The van der Waals surface area contributed by atoms with Crippen LogP contribution in [-0.4, -0.2) is 67.9 Å². The van der Waals surface area contributed by atoms with E-state index in [1.807, 2.05) is 0 Å². The molecule has 9 heteroatoms. The molecular formula is C22H28O9. The monoisotopic (exact) mass is 436 g/mol. The average molecular weight is 436 g/mol. The third-order valence-corrected chi connectivity index (χ3v) is 9.47. The Hall–Kier alpha value is -1.71. The Bertz CT molecular complexity index is 924. The van der Waals surface area contributed by atoms with E-state index in [2.05, 4.69) is 20.8 Å². The number of methoxy groups -OCH3 is 2. The largest absolute Gasteiger partial charge is 0.459 e. The van der Waals surface area contributed by atoms with Crippen molar-refractivity contribution in [3.8, 4) is 0 Å². The number of hydrogen-bond donors (Lipinski definition) is 0. The molecule has 2 spiro atoms. The van der Waals surface area contributed by atoms with Crippen molar-refractivity contribution in [3.05, 3.63) is 0 Å². The van der Waals surface area contributed by atoms with E-state index >= 15 is 0 Å². The Kier molecular flexibility index (Phi) is 3.38. The summed E-state index contributed by atoms with van der Waals surface area (Å²) in [6, 6.07) is 0. The molecule has 0 N–H and O–H groups in total. The minimum absolute atomic E-state index is 0.111. The minimum Gasteiger partial charge on any atom is -0.459 e. The first-order chi connectivity index (χ1) is 14.5. The molecule has 9 nitrogen and oxygen atoms in total. The number of fused-ring (bicyclic) bond motifs is 1. The average Bonchev–Trinajstić information content (AvgIpc) is 3.39. The van der Waals surface area contributed by atoms with Crippen molar-refractivity contribution in [1.82, 2.24) is 0 Å². The van der Waals surface area contributed by atoms with Crippen molar-refractivity contribution in [3.63, 3.8) is 0 Å². The van der Waals surface area contributed by atoms with E-state index in [4.69, 9.17) is 28.4 Å². The zero-order valence-corrected chi connectivity index (χ0v) is 18.6. The summed E-state index contributed by atoms with van der Waals surface area (Å²) in [5, 5.41) is 0. The summed E-state index contributed by atoms with van der Waals surface area (Å²) in [6.07, 6.45) is -2.32. The summed E-state index contributed by atoms with van der Waals surface area (Å²) < 4.78 is 35.9. The van der Waals surface area contributed by atoms with E-state index in [1.165, 1.54) is 14.2 Å². The van der Waals surface area contributed by atoms with Crippen LogP contribution in [0.15, 0.2) is 0 Å². The molecular weight excluding hydrogens is 408 g/mol. The summed E-state index contributed by atoms with van der Waals surface area (Å²) in [5.41, 5.74) is -5.23. The highest BCUT2D eigenvalue weighted by Crippen LogP contribution is 2.85. The van der Waals surface area contributed by atoms with Gasteiger partial charge in [-0.3, -0.25) is 4.79 Å². The second-order valence-corrected chi connectivity index (χ2v) is 11.0. The normalized spacial score (nSPS) is 56.1. The molecule has 2 aliphatic carbocycles. The second kappa shape index (κ2) is 5.26. The standard InChI is InChI=1S/C22H28O9/c1-9-14(23)28-12-8-19-11-7-10(18(2,3)4)20(19)13(26-5)15(24)30-17(20)31-22(19,16(25)29-11)21(9,12)27-6/h9-13,17H,7-8H2,1-6H3/t9-,10+,11?,12?,13+,17+,19?,20?,21-,22-/m1/s1. The fraction of sp³-hybridized carbons (Fsp3) is 0.864. The Balaban J connectivity index is 1.70. The van der Waals surface area contributed by atoms with E-state index in [0.29, 0.717) is 6.42 Å². The van der Waals surface area contributed by atoms with Crippen LogP contribution < -0.4 is 0 Å². The minimum atomic E-state index is -1.63. The van der Waals surface area contributed by atoms with Crippen LogP contribution in [0, 0.1) is 28.1 Å². The van der Waals surface area contributed by atoms with E-state index in [9.17, 15) is 14.4 Å². The van der Waals surface area contributed by atoms with Crippen molar-refractivity contribution in [2.24, 2.45) is 28.1 Å². The lowest BCUT2D eigenvalue weighted by Gasteiger charge is -2.47. The van der Waals surface area contributed by atoms with E-state index < -0.39 is 70.5 Å². The van der Waals surface area contributed by atoms with E-state index in [-0.39, 0.29) is 17.8 Å². The molecule has 4 heterocycles. The molecule has 0 aromatic carbocycles. The molecule has 0 radical (unpaired) electrons. The molecule has 0 aromatic heterocycles. The van der Waals surface area contributed by atoms with Crippen molar-refractivity contribution in [1.29, 1.82) is 0 Å². The molecule has 170 valence electrons. The number of ether oxygens (including phenoxy) is 6. The van der Waals surface area contributed by atoms with Crippen LogP contribution in [0.25, 0.3) is 0 Å². The predicted molar refractivity (Wildman–Crippen MR) is 100 cm³/mol. The van der Waals surface area contributed by atoms with Gasteiger partial charge in [-0.15, -0.1) is 0 Å². The van der Waals surface area contributed by atoms with Gasteiger partial charge in [0, 0.05) is 20.6 Å². The fourth-order valence-electron chi connectivity index (χ4n) is 8.75. The molecule has 10 atom stereocenters. The Morgan fingerprint density at radius 1 is 1.00 bits per heavy atom. The van der Waals surface area contributed by atoms with Crippen molar-refractivity contribution in [2.75, 3.05) is 14.2 Å². The molecule has 4 aliphatic heterocycles. The lowest BCUT2D eigenvalue weighted by molar-refractivity contribution is -0.244. The zero-order chi connectivity index (χ0) is 22.4. The van der Waals surface area contributed by atoms with Crippen molar-refractivity contribution in [2.45, 2.75) is 76.3 Å². The van der Waals surface area contributed by atoms with Gasteiger partial charge in [0.1, 0.15) is 12.2 Å². The van der Waals surface area contributed by atoms with Gasteiger partial charge >= 0.3 is 17.9 Å². The molecule has 4 saturated heterocycles. The van der Waals surface area contributed by atoms with E-state index in [1.54, 1.807) is 6.92 Å². The maximum Gasteiger partial charge on any atom is 0.342 e. The molecule has 6 rings (SSSR count). The van der Waals surface area contributed by atoms with Gasteiger partial charge in [-0.2, -0.15) is 0 Å². The summed E-state index contributed by atoms with van der Waals surface area (Å²) in [4.78, 5) is 39.3. The highest BCUT2D eigenvalue weighted by atomic mass is 16.8. The lowest BCUT2D eigenvalue weighted by Crippen LogP contribution is -2.67. The second-order valence-electron chi connectivity index (χ2n) is 11.0. The Morgan fingerprint density at radius 2 is 1.71 bits per heavy atom. The molecule has 0 amide bonds. The quantitative estimate of drug-likeness (QED) is 0.462. The van der Waals surface area contributed by atoms with Gasteiger partial charge in [-0.1, -0.05) is 20.8 Å². The number of carbonyl (C=O) groups excluding carboxylic acids is 3. The van der Waals surface area contributed by atoms with Gasteiger partial charge in [-0.25, -0.2) is 9.59 Å². The lowest BCUT2D eigenvalue weighted by atomic mass is 9.51. The smallest absolute Gasteiger partial charge is 0.342 e. The predicted octanol–water partition coefficient (Wildman–Crippen LogP) is 0.968. The molecule has 0 bridgehead atoms. The SMILES string of the molecule is CO[C@H]1C(=O)O[C@H]2O[C@]34C(=O)OC5C[C@@H](C(C)(C)C)C21C53CC1OC(=O)[C@@H](C)[C@@]14OC. The van der Waals surface area contributed by atoms with Gasteiger partial charge in [0.25, 0.3) is 0 Å². The number of rotatable bonds is 2. The summed E-state index contributed by atoms with van der Waals surface area (Å²) in [6.45, 7) is 8.00. The van der Waals surface area contributed by atoms with Crippen LogP contribution in [-0.2, 0) is 42.8 Å². The molecule has 2 saturated carbocycles. The Labute approximate surface area is 180 Å². The summed E-state index contributed by atoms with van der Waals surface area (Å²) in [5.74, 6) is -2.38. The van der Waals surface area contributed by atoms with Crippen LogP contribution in [0.1, 0.15) is 40.5 Å². The van der Waals surface area contributed by atoms with Gasteiger partial charge in [0.15, 0.2) is 11.7 Å². The third kappa shape index (κ3) is 1.55. The molecule has 6 aliphatic rings. The fourth-order valence-corrected chi connectivity index (χ4v) is 8.75. The maximum atomic E-state index is 13.7. The van der Waals surface area contributed by atoms with Gasteiger partial charge in [0.2, 0.25) is 11.9 Å². The molecule has 4 unspecified atom stereocenters. The maximum absolute atomic E-state index is 13.7. The first kappa shape index (κ1) is 19.9. The van der Waals surface area contributed by atoms with E-state index in [0.717, 1.165) is 0 Å². The van der Waals surface area contributed by atoms with Crippen molar-refractivity contribution < 1.29 is 42.8 Å². The van der Waals surface area contributed by atoms with Gasteiger partial charge in [-0.05, 0) is 24.7 Å². The first-order valence-corrected chi connectivity index (χ1v) is 10.9. The van der Waals surface area contributed by atoms with Crippen LogP contribution >= 0.6 is 0 Å². The third-order valence-electron chi connectivity index (χ3n) is 9.47. The van der Waals surface area contributed by atoms with Crippen LogP contribution in [0.5, 0.6) is 0 Å². The summed E-state index contributed by atoms with van der Waals surface area (Å²) >= 11 is 0. The van der Waals surface area contributed by atoms with Crippen molar-refractivity contribution >= 4 is 17.9 Å². The van der Waals surface area contributed by atoms with Crippen LogP contribution in [0.4, 0.5) is 0 Å². The Morgan fingerprint density at radius 3 is 2.32 bits per heavy atom. The topological polar surface area (TPSA) is 107 Å². The molecule has 31 heavy (non-hydrogen) atoms. The highest BCUT2D eigenvalue weighted by Gasteiger charge is 3.01. The number of hydrogen-bond acceptors (Lipinski definition) is 9. The van der Waals surface area contributed by atoms with Gasteiger partial charge in [0.05, 0.1) is 16.7 Å². The zero-order valence-electron chi connectivity index (χ0n) is 18.6. The van der Waals surface area contributed by atoms with Crippen LogP contribution in [0.3, 0.4) is 0 Å².